The predicted molar refractivity (Wildman–Crippen MR) is 43.9 cm³/mol. The summed E-state index contributed by atoms with van der Waals surface area (Å²) in [5.74, 6) is -1.02. The lowest BCUT2D eigenvalue weighted by atomic mass is 10.1. The normalized spacial score (nSPS) is 10.5. The molecule has 60 valence electrons. The smallest absolute Gasteiger partial charge is 0.133 e. The molecule has 0 spiro atoms. The molecule has 2 aromatic rings. The first-order valence-corrected chi connectivity index (χ1v) is 3.62. The minimum absolute atomic E-state index is 0.0694. The quantitative estimate of drug-likeness (QED) is 0.561. The lowest BCUT2D eigenvalue weighted by molar-refractivity contribution is 0.608. The van der Waals surface area contributed by atoms with E-state index in [1.807, 2.05) is 0 Å². The highest BCUT2D eigenvalue weighted by Crippen LogP contribution is 2.20. The number of fused-ring (bicyclic) bond motifs is 1. The van der Waals surface area contributed by atoms with Crippen LogP contribution in [0.4, 0.5) is 8.78 Å². The van der Waals surface area contributed by atoms with Crippen LogP contribution in [0, 0.1) is 11.6 Å². The van der Waals surface area contributed by atoms with Crippen LogP contribution in [-0.4, -0.2) is 0 Å². The van der Waals surface area contributed by atoms with Crippen molar-refractivity contribution in [2.75, 3.05) is 0 Å². The molecule has 2 heteroatoms. The van der Waals surface area contributed by atoms with Crippen LogP contribution in [0.1, 0.15) is 0 Å². The summed E-state index contributed by atoms with van der Waals surface area (Å²) in [6, 6.07) is 9.01. The molecule has 0 bridgehead atoms. The Morgan fingerprint density at radius 3 is 1.67 bits per heavy atom. The Balaban J connectivity index is 2.96. The average Bonchev–Trinajstić information content (AvgIpc) is 2.04. The summed E-state index contributed by atoms with van der Waals surface area (Å²) in [6.07, 6.45) is 0. The van der Waals surface area contributed by atoms with Crippen molar-refractivity contribution in [3.05, 3.63) is 48.0 Å². The molecule has 0 N–H and O–H groups in total. The maximum atomic E-state index is 13.0. The lowest BCUT2D eigenvalue weighted by Crippen LogP contribution is -1.83. The number of rotatable bonds is 0. The maximum absolute atomic E-state index is 13.0. The molecular formula is C10H6F2. The number of halogens is 2. The Kier molecular flexibility index (Phi) is 1.54. The molecule has 0 radical (unpaired) electrons. The summed E-state index contributed by atoms with van der Waals surface area (Å²) >= 11 is 0. The van der Waals surface area contributed by atoms with Crippen molar-refractivity contribution in [2.24, 2.45) is 0 Å². The third kappa shape index (κ3) is 0.961. The Hall–Kier alpha value is -1.44. The van der Waals surface area contributed by atoms with E-state index in [-0.39, 0.29) is 5.39 Å². The van der Waals surface area contributed by atoms with Crippen LogP contribution in [-0.2, 0) is 0 Å². The third-order valence-electron chi connectivity index (χ3n) is 1.80. The summed E-state index contributed by atoms with van der Waals surface area (Å²) in [7, 11) is 0. The lowest BCUT2D eigenvalue weighted by Gasteiger charge is -1.98. The standard InChI is InChI=1S/C10H6F2/c11-8-5-1-3-7-4-2-6-9(12)10(7)8/h1-6H. The Morgan fingerprint density at radius 1 is 0.750 bits per heavy atom. The van der Waals surface area contributed by atoms with E-state index in [9.17, 15) is 8.78 Å². The molecular weight excluding hydrogens is 158 g/mol. The summed E-state index contributed by atoms with van der Waals surface area (Å²) in [5.41, 5.74) is 0. The average molecular weight is 164 g/mol. The number of hydrogen-bond acceptors (Lipinski definition) is 0. The zero-order valence-electron chi connectivity index (χ0n) is 6.22. The van der Waals surface area contributed by atoms with E-state index >= 15 is 0 Å². The summed E-state index contributed by atoms with van der Waals surface area (Å²) in [4.78, 5) is 0. The molecule has 0 aliphatic heterocycles. The minimum atomic E-state index is -0.509. The van der Waals surface area contributed by atoms with Gasteiger partial charge in [-0.25, -0.2) is 8.78 Å². The molecule has 2 aromatic carbocycles. The minimum Gasteiger partial charge on any atom is -0.206 e. The third-order valence-corrected chi connectivity index (χ3v) is 1.80. The fraction of sp³-hybridized carbons (Fsp3) is 0. The van der Waals surface area contributed by atoms with Crippen molar-refractivity contribution in [3.8, 4) is 0 Å². The Morgan fingerprint density at radius 2 is 1.25 bits per heavy atom. The summed E-state index contributed by atoms with van der Waals surface area (Å²) in [6.45, 7) is 0. The zero-order valence-corrected chi connectivity index (χ0v) is 6.22. The number of benzene rings is 2. The van der Waals surface area contributed by atoms with Crippen molar-refractivity contribution in [3.63, 3.8) is 0 Å². The van der Waals surface area contributed by atoms with Crippen molar-refractivity contribution in [2.45, 2.75) is 0 Å². The first-order chi connectivity index (χ1) is 5.79. The van der Waals surface area contributed by atoms with E-state index in [1.54, 1.807) is 24.3 Å². The van der Waals surface area contributed by atoms with Gasteiger partial charge in [0.15, 0.2) is 0 Å². The van der Waals surface area contributed by atoms with Crippen molar-refractivity contribution in [1.29, 1.82) is 0 Å². The number of hydrogen-bond donors (Lipinski definition) is 0. The van der Waals surface area contributed by atoms with E-state index < -0.39 is 11.6 Å². The second-order valence-electron chi connectivity index (χ2n) is 2.58. The van der Waals surface area contributed by atoms with Gasteiger partial charge in [-0.05, 0) is 17.5 Å². The van der Waals surface area contributed by atoms with Gasteiger partial charge in [0.25, 0.3) is 0 Å². The van der Waals surface area contributed by atoms with Crippen LogP contribution in [0.5, 0.6) is 0 Å². The topological polar surface area (TPSA) is 0 Å². The van der Waals surface area contributed by atoms with E-state index in [1.165, 1.54) is 12.1 Å². The monoisotopic (exact) mass is 164 g/mol. The Bertz CT molecular complexity index is 384. The van der Waals surface area contributed by atoms with E-state index in [2.05, 4.69) is 0 Å². The highest BCUT2D eigenvalue weighted by molar-refractivity contribution is 5.83. The summed E-state index contributed by atoms with van der Waals surface area (Å²) < 4.78 is 26.0. The van der Waals surface area contributed by atoms with Gasteiger partial charge >= 0.3 is 0 Å². The SMILES string of the molecule is Fc1cccc2cccc(F)c12. The van der Waals surface area contributed by atoms with Crippen LogP contribution in [0.15, 0.2) is 36.4 Å². The van der Waals surface area contributed by atoms with Crippen molar-refractivity contribution in [1.82, 2.24) is 0 Å². The van der Waals surface area contributed by atoms with Gasteiger partial charge in [0.1, 0.15) is 11.6 Å². The van der Waals surface area contributed by atoms with Gasteiger partial charge in [0.2, 0.25) is 0 Å². The zero-order chi connectivity index (χ0) is 8.55. The predicted octanol–water partition coefficient (Wildman–Crippen LogP) is 3.12. The van der Waals surface area contributed by atoms with E-state index in [0.29, 0.717) is 5.39 Å². The van der Waals surface area contributed by atoms with Crippen molar-refractivity contribution < 1.29 is 8.78 Å². The van der Waals surface area contributed by atoms with Gasteiger partial charge in [-0.2, -0.15) is 0 Å². The van der Waals surface area contributed by atoms with Crippen LogP contribution >= 0.6 is 0 Å². The molecule has 0 heterocycles. The largest absolute Gasteiger partial charge is 0.206 e. The van der Waals surface area contributed by atoms with Crippen LogP contribution in [0.2, 0.25) is 0 Å². The molecule has 0 amide bonds. The fourth-order valence-corrected chi connectivity index (χ4v) is 1.25. The van der Waals surface area contributed by atoms with Crippen LogP contribution < -0.4 is 0 Å². The maximum Gasteiger partial charge on any atom is 0.133 e. The molecule has 0 nitrogen and oxygen atoms in total. The molecule has 0 aromatic heterocycles. The van der Waals surface area contributed by atoms with Gasteiger partial charge in [-0.15, -0.1) is 0 Å². The molecule has 0 saturated heterocycles. The first-order valence-electron chi connectivity index (χ1n) is 3.62. The molecule has 12 heavy (non-hydrogen) atoms. The second-order valence-corrected chi connectivity index (χ2v) is 2.58. The molecule has 0 fully saturated rings. The van der Waals surface area contributed by atoms with Gasteiger partial charge < -0.3 is 0 Å². The van der Waals surface area contributed by atoms with Crippen molar-refractivity contribution >= 4 is 10.8 Å². The van der Waals surface area contributed by atoms with Crippen LogP contribution in [0.3, 0.4) is 0 Å². The first kappa shape index (κ1) is 7.22. The highest BCUT2D eigenvalue weighted by atomic mass is 19.1. The van der Waals surface area contributed by atoms with E-state index in [0.717, 1.165) is 0 Å². The fourth-order valence-electron chi connectivity index (χ4n) is 1.25. The molecule has 0 aliphatic rings. The molecule has 0 saturated carbocycles. The summed E-state index contributed by atoms with van der Waals surface area (Å²) in [5, 5.41) is 0.662. The van der Waals surface area contributed by atoms with Gasteiger partial charge in [-0.3, -0.25) is 0 Å². The second kappa shape index (κ2) is 2.55. The van der Waals surface area contributed by atoms with Crippen LogP contribution in [0.25, 0.3) is 10.8 Å². The Labute approximate surface area is 68.4 Å². The highest BCUT2D eigenvalue weighted by Gasteiger charge is 2.03. The van der Waals surface area contributed by atoms with Gasteiger partial charge in [0, 0.05) is 0 Å². The molecule has 2 rings (SSSR count). The molecule has 0 aliphatic carbocycles. The molecule has 0 atom stereocenters. The van der Waals surface area contributed by atoms with Gasteiger partial charge in [-0.1, -0.05) is 24.3 Å². The van der Waals surface area contributed by atoms with Gasteiger partial charge in [0.05, 0.1) is 5.39 Å². The van der Waals surface area contributed by atoms with E-state index in [4.69, 9.17) is 0 Å². The molecule has 0 unspecified atom stereocenters.